The molecule has 1 aromatic heterocycles. The van der Waals surface area contributed by atoms with Crippen molar-refractivity contribution in [3.05, 3.63) is 65.6 Å². The van der Waals surface area contributed by atoms with E-state index in [0.717, 1.165) is 34.7 Å². The summed E-state index contributed by atoms with van der Waals surface area (Å²) in [4.78, 5) is 16.8. The minimum Gasteiger partial charge on any atom is -0.497 e. The van der Waals surface area contributed by atoms with Gasteiger partial charge in [0, 0.05) is 17.0 Å². The van der Waals surface area contributed by atoms with Crippen LogP contribution >= 0.6 is 11.3 Å². The van der Waals surface area contributed by atoms with Gasteiger partial charge in [-0.2, -0.15) is 0 Å². The Morgan fingerprint density at radius 3 is 2.70 bits per heavy atom. The van der Waals surface area contributed by atoms with Gasteiger partial charge in [0.2, 0.25) is 5.91 Å². The number of rotatable bonds is 9. The van der Waals surface area contributed by atoms with Gasteiger partial charge < -0.3 is 9.47 Å². The van der Waals surface area contributed by atoms with E-state index in [4.69, 9.17) is 9.47 Å². The number of thiazole rings is 1. The van der Waals surface area contributed by atoms with Crippen LogP contribution in [0.5, 0.6) is 11.5 Å². The van der Waals surface area contributed by atoms with Crippen molar-refractivity contribution in [2.24, 2.45) is 5.92 Å². The molecule has 1 heterocycles. The predicted octanol–water partition coefficient (Wildman–Crippen LogP) is 5.90. The first-order valence-corrected chi connectivity index (χ1v) is 10.7. The van der Waals surface area contributed by atoms with Crippen molar-refractivity contribution in [3.63, 3.8) is 0 Å². The summed E-state index contributed by atoms with van der Waals surface area (Å²) in [6.07, 6.45) is 4.28. The largest absolute Gasteiger partial charge is 0.497 e. The van der Waals surface area contributed by atoms with Crippen molar-refractivity contribution < 1.29 is 14.3 Å². The molecule has 0 saturated heterocycles. The van der Waals surface area contributed by atoms with Gasteiger partial charge in [-0.25, -0.2) is 4.98 Å². The lowest BCUT2D eigenvalue weighted by Crippen LogP contribution is -2.07. The molecule has 0 aliphatic carbocycles. The number of amides is 1. The second-order valence-electron chi connectivity index (χ2n) is 7.19. The summed E-state index contributed by atoms with van der Waals surface area (Å²) in [5, 5.41) is 5.28. The molecule has 156 valence electrons. The molecule has 0 radical (unpaired) electrons. The van der Waals surface area contributed by atoms with Gasteiger partial charge in [0.25, 0.3) is 0 Å². The molecular formula is C24H26N2O3S. The third-order valence-electron chi connectivity index (χ3n) is 4.37. The monoisotopic (exact) mass is 422 g/mol. The molecule has 0 fully saturated rings. The molecule has 0 spiro atoms. The molecule has 0 bridgehead atoms. The van der Waals surface area contributed by atoms with Crippen LogP contribution in [0.15, 0.2) is 60.0 Å². The quantitative estimate of drug-likeness (QED) is 0.437. The van der Waals surface area contributed by atoms with Gasteiger partial charge in [-0.3, -0.25) is 10.1 Å². The average Bonchev–Trinajstić information content (AvgIpc) is 3.21. The zero-order chi connectivity index (χ0) is 21.3. The lowest BCUT2D eigenvalue weighted by molar-refractivity contribution is -0.111. The highest BCUT2D eigenvalue weighted by atomic mass is 32.1. The Morgan fingerprint density at radius 1 is 1.17 bits per heavy atom. The van der Waals surface area contributed by atoms with Crippen molar-refractivity contribution >= 4 is 28.5 Å². The highest BCUT2D eigenvalue weighted by Gasteiger charge is 2.07. The van der Waals surface area contributed by atoms with E-state index in [2.05, 4.69) is 24.1 Å². The first-order valence-electron chi connectivity index (χ1n) is 9.85. The van der Waals surface area contributed by atoms with E-state index in [-0.39, 0.29) is 5.91 Å². The predicted molar refractivity (Wildman–Crippen MR) is 123 cm³/mol. The smallest absolute Gasteiger partial charge is 0.250 e. The minimum atomic E-state index is -0.225. The van der Waals surface area contributed by atoms with Gasteiger partial charge in [-0.15, -0.1) is 11.3 Å². The third kappa shape index (κ3) is 6.46. The maximum absolute atomic E-state index is 12.3. The van der Waals surface area contributed by atoms with Crippen molar-refractivity contribution in [2.45, 2.75) is 20.3 Å². The molecule has 0 aliphatic rings. The van der Waals surface area contributed by atoms with E-state index in [9.17, 15) is 4.79 Å². The number of benzene rings is 2. The Labute approximate surface area is 181 Å². The first kappa shape index (κ1) is 21.6. The highest BCUT2D eigenvalue weighted by Crippen LogP contribution is 2.26. The lowest BCUT2D eigenvalue weighted by atomic mass is 10.1. The lowest BCUT2D eigenvalue weighted by Gasteiger charge is -2.08. The SMILES string of the molecule is COc1ccc(-c2csc(NC(=O)/C=C\c3cccc(OCCC(C)C)c3)n2)cc1. The van der Waals surface area contributed by atoms with Crippen LogP contribution in [-0.2, 0) is 4.79 Å². The van der Waals surface area contributed by atoms with Crippen molar-refractivity contribution in [1.29, 1.82) is 0 Å². The normalized spacial score (nSPS) is 11.1. The summed E-state index contributed by atoms with van der Waals surface area (Å²) < 4.78 is 10.9. The second kappa shape index (κ2) is 10.6. The number of nitrogens with one attached hydrogen (secondary N) is 1. The summed E-state index contributed by atoms with van der Waals surface area (Å²) >= 11 is 1.39. The summed E-state index contributed by atoms with van der Waals surface area (Å²) in [6.45, 7) is 5.03. The maximum atomic E-state index is 12.3. The first-order chi connectivity index (χ1) is 14.5. The number of anilines is 1. The molecule has 3 rings (SSSR count). The summed E-state index contributed by atoms with van der Waals surface area (Å²) in [5.41, 5.74) is 2.69. The molecule has 1 N–H and O–H groups in total. The Balaban J connectivity index is 1.56. The Kier molecular flexibility index (Phi) is 7.63. The number of ether oxygens (including phenoxy) is 2. The van der Waals surface area contributed by atoms with E-state index in [1.165, 1.54) is 17.4 Å². The Bertz CT molecular complexity index is 994. The van der Waals surface area contributed by atoms with Crippen molar-refractivity contribution in [3.8, 4) is 22.8 Å². The number of hydrogen-bond donors (Lipinski definition) is 1. The number of methoxy groups -OCH3 is 1. The molecule has 0 unspecified atom stereocenters. The molecule has 1 amide bonds. The van der Waals surface area contributed by atoms with Crippen LogP contribution in [-0.4, -0.2) is 24.6 Å². The number of carbonyl (C=O) groups is 1. The fourth-order valence-corrected chi connectivity index (χ4v) is 3.39. The fourth-order valence-electron chi connectivity index (χ4n) is 2.66. The molecule has 0 saturated carbocycles. The number of carbonyl (C=O) groups excluding carboxylic acids is 1. The van der Waals surface area contributed by atoms with Gasteiger partial charge in [-0.05, 0) is 60.4 Å². The zero-order valence-corrected chi connectivity index (χ0v) is 18.2. The van der Waals surface area contributed by atoms with Crippen LogP contribution < -0.4 is 14.8 Å². The molecule has 6 heteroatoms. The van der Waals surface area contributed by atoms with E-state index >= 15 is 0 Å². The van der Waals surface area contributed by atoms with E-state index in [1.54, 1.807) is 13.2 Å². The second-order valence-corrected chi connectivity index (χ2v) is 8.05. The van der Waals surface area contributed by atoms with Gasteiger partial charge in [0.05, 0.1) is 19.4 Å². The molecule has 5 nitrogen and oxygen atoms in total. The van der Waals surface area contributed by atoms with Crippen LogP contribution in [0, 0.1) is 5.92 Å². The topological polar surface area (TPSA) is 60.5 Å². The number of aromatic nitrogens is 1. The van der Waals surface area contributed by atoms with E-state index < -0.39 is 0 Å². The van der Waals surface area contributed by atoms with Crippen molar-refractivity contribution in [1.82, 2.24) is 4.98 Å². The van der Waals surface area contributed by atoms with Gasteiger partial charge >= 0.3 is 0 Å². The van der Waals surface area contributed by atoms with Crippen LogP contribution in [0.4, 0.5) is 5.13 Å². The van der Waals surface area contributed by atoms with Crippen molar-refractivity contribution in [2.75, 3.05) is 19.0 Å². The summed E-state index contributed by atoms with van der Waals surface area (Å²) in [5.74, 6) is 1.98. The van der Waals surface area contributed by atoms with Crippen LogP contribution in [0.1, 0.15) is 25.8 Å². The third-order valence-corrected chi connectivity index (χ3v) is 5.13. The number of hydrogen-bond acceptors (Lipinski definition) is 5. The van der Waals surface area contributed by atoms with Crippen LogP contribution in [0.2, 0.25) is 0 Å². The van der Waals surface area contributed by atoms with Gasteiger partial charge in [-0.1, -0.05) is 26.0 Å². The molecule has 0 atom stereocenters. The fraction of sp³-hybridized carbons (Fsp3) is 0.250. The maximum Gasteiger partial charge on any atom is 0.250 e. The van der Waals surface area contributed by atoms with Crippen LogP contribution in [0.3, 0.4) is 0 Å². The van der Waals surface area contributed by atoms with Gasteiger partial charge in [0.1, 0.15) is 11.5 Å². The van der Waals surface area contributed by atoms with E-state index in [1.807, 2.05) is 53.9 Å². The average molecular weight is 423 g/mol. The molecular weight excluding hydrogens is 396 g/mol. The molecule has 2 aromatic carbocycles. The van der Waals surface area contributed by atoms with Crippen LogP contribution in [0.25, 0.3) is 17.3 Å². The molecule has 3 aromatic rings. The van der Waals surface area contributed by atoms with Gasteiger partial charge in [0.15, 0.2) is 5.13 Å². The summed E-state index contributed by atoms with van der Waals surface area (Å²) in [6, 6.07) is 15.4. The molecule has 30 heavy (non-hydrogen) atoms. The summed E-state index contributed by atoms with van der Waals surface area (Å²) in [7, 11) is 1.63. The number of nitrogens with zero attached hydrogens (tertiary/aromatic N) is 1. The van der Waals surface area contributed by atoms with E-state index in [0.29, 0.717) is 17.7 Å². The zero-order valence-electron chi connectivity index (χ0n) is 17.4. The highest BCUT2D eigenvalue weighted by molar-refractivity contribution is 7.14. The Morgan fingerprint density at radius 2 is 1.97 bits per heavy atom. The standard InChI is InChI=1S/C24H26N2O3S/c1-17(2)13-14-29-21-6-4-5-18(15-21)7-12-23(27)26-24-25-22(16-30-24)19-8-10-20(28-3)11-9-19/h4-12,15-17H,13-14H2,1-3H3,(H,25,26,27)/b12-7-. The molecule has 0 aliphatic heterocycles. The Hall–Kier alpha value is -3.12. The minimum absolute atomic E-state index is 0.225.